The number of rotatable bonds is 4. The zero-order chi connectivity index (χ0) is 18.7. The third-order valence-electron chi connectivity index (χ3n) is 4.31. The van der Waals surface area contributed by atoms with E-state index in [1.54, 1.807) is 18.2 Å². The molecule has 6 nitrogen and oxygen atoms in total. The summed E-state index contributed by atoms with van der Waals surface area (Å²) in [5.74, 6) is -0.657. The van der Waals surface area contributed by atoms with Gasteiger partial charge >= 0.3 is 0 Å². The Morgan fingerprint density at radius 3 is 2.54 bits per heavy atom. The van der Waals surface area contributed by atoms with E-state index in [4.69, 9.17) is 0 Å². The highest BCUT2D eigenvalue weighted by atomic mass is 16.2. The van der Waals surface area contributed by atoms with Crippen LogP contribution in [0.1, 0.15) is 30.5 Å². The maximum Gasteiger partial charge on any atom is 0.244 e. The molecule has 1 aliphatic rings. The minimum absolute atomic E-state index is 0.0312. The van der Waals surface area contributed by atoms with Crippen LogP contribution in [0.15, 0.2) is 48.5 Å². The number of hydrogen-bond acceptors (Lipinski definition) is 3. The number of carbonyl (C=O) groups is 3. The molecule has 3 rings (SSSR count). The van der Waals surface area contributed by atoms with Crippen molar-refractivity contribution in [3.63, 3.8) is 0 Å². The molecule has 1 aliphatic heterocycles. The van der Waals surface area contributed by atoms with Crippen LogP contribution in [0.4, 0.5) is 11.4 Å². The van der Waals surface area contributed by atoms with Crippen molar-refractivity contribution in [2.24, 2.45) is 0 Å². The Hall–Kier alpha value is -3.15. The van der Waals surface area contributed by atoms with Crippen LogP contribution in [0.3, 0.4) is 0 Å². The Bertz CT molecular complexity index is 846. The van der Waals surface area contributed by atoms with Gasteiger partial charge in [0.1, 0.15) is 6.54 Å². The lowest BCUT2D eigenvalue weighted by Gasteiger charge is -2.30. The Morgan fingerprint density at radius 1 is 1.15 bits per heavy atom. The van der Waals surface area contributed by atoms with Crippen molar-refractivity contribution in [1.82, 2.24) is 5.32 Å². The molecule has 0 saturated carbocycles. The fourth-order valence-corrected chi connectivity index (χ4v) is 3.04. The number of fused-ring (bicyclic) bond motifs is 1. The van der Waals surface area contributed by atoms with Gasteiger partial charge in [0.2, 0.25) is 17.7 Å². The van der Waals surface area contributed by atoms with Gasteiger partial charge in [-0.05, 0) is 24.6 Å². The van der Waals surface area contributed by atoms with Crippen LogP contribution in [0.25, 0.3) is 0 Å². The highest BCUT2D eigenvalue weighted by molar-refractivity contribution is 6.10. The first-order valence-electron chi connectivity index (χ1n) is 8.47. The quantitative estimate of drug-likeness (QED) is 0.888. The third kappa shape index (κ3) is 3.91. The number of aryl methyl sites for hydroxylation is 1. The predicted octanol–water partition coefficient (Wildman–Crippen LogP) is 2.55. The normalized spacial score (nSPS) is 14.2. The predicted molar refractivity (Wildman–Crippen MR) is 99.8 cm³/mol. The van der Waals surface area contributed by atoms with Gasteiger partial charge in [-0.1, -0.05) is 42.0 Å². The second kappa shape index (κ2) is 7.39. The van der Waals surface area contributed by atoms with Gasteiger partial charge in [-0.15, -0.1) is 0 Å². The fourth-order valence-electron chi connectivity index (χ4n) is 3.04. The molecule has 0 radical (unpaired) electrons. The van der Waals surface area contributed by atoms with Crippen molar-refractivity contribution in [3.8, 4) is 0 Å². The summed E-state index contributed by atoms with van der Waals surface area (Å²) in [6.45, 7) is 3.37. The SMILES string of the molecule is CC(=O)NC(CC(=O)N1CC(=O)Nc2ccccc21)c1ccc(C)cc1. The van der Waals surface area contributed by atoms with Gasteiger partial charge in [-0.3, -0.25) is 14.4 Å². The van der Waals surface area contributed by atoms with Crippen LogP contribution in [-0.4, -0.2) is 24.3 Å². The van der Waals surface area contributed by atoms with Crippen molar-refractivity contribution >= 4 is 29.1 Å². The van der Waals surface area contributed by atoms with E-state index < -0.39 is 6.04 Å². The molecular formula is C20H21N3O3. The highest BCUT2D eigenvalue weighted by Crippen LogP contribution is 2.30. The minimum Gasteiger partial charge on any atom is -0.349 e. The molecule has 134 valence electrons. The molecule has 0 bridgehead atoms. The van der Waals surface area contributed by atoms with Crippen molar-refractivity contribution in [2.45, 2.75) is 26.3 Å². The minimum atomic E-state index is -0.447. The summed E-state index contributed by atoms with van der Waals surface area (Å²) in [5, 5.41) is 5.60. The maximum absolute atomic E-state index is 12.9. The Kier molecular flexibility index (Phi) is 5.02. The molecule has 0 spiro atoms. The molecule has 2 aromatic rings. The van der Waals surface area contributed by atoms with Gasteiger partial charge in [0.05, 0.1) is 23.8 Å². The second-order valence-electron chi connectivity index (χ2n) is 6.41. The van der Waals surface area contributed by atoms with Crippen molar-refractivity contribution < 1.29 is 14.4 Å². The lowest BCUT2D eigenvalue weighted by molar-refractivity contribution is -0.123. The summed E-state index contributed by atoms with van der Waals surface area (Å²) < 4.78 is 0. The first-order valence-corrected chi connectivity index (χ1v) is 8.47. The molecule has 1 heterocycles. The molecule has 0 aromatic heterocycles. The first-order chi connectivity index (χ1) is 12.4. The summed E-state index contributed by atoms with van der Waals surface area (Å²) in [6, 6.07) is 14.4. The Labute approximate surface area is 152 Å². The number of benzene rings is 2. The molecule has 26 heavy (non-hydrogen) atoms. The Balaban J connectivity index is 1.85. The molecule has 0 aliphatic carbocycles. The summed E-state index contributed by atoms with van der Waals surface area (Å²) in [4.78, 5) is 37.9. The number of nitrogens with one attached hydrogen (secondary N) is 2. The molecular weight excluding hydrogens is 330 g/mol. The molecule has 2 N–H and O–H groups in total. The van der Waals surface area contributed by atoms with Crippen LogP contribution < -0.4 is 15.5 Å². The molecule has 3 amide bonds. The average Bonchev–Trinajstić information content (AvgIpc) is 2.60. The van der Waals surface area contributed by atoms with Crippen molar-refractivity contribution in [1.29, 1.82) is 0 Å². The zero-order valence-corrected chi connectivity index (χ0v) is 14.8. The molecule has 0 fully saturated rings. The van der Waals surface area contributed by atoms with E-state index in [9.17, 15) is 14.4 Å². The van der Waals surface area contributed by atoms with E-state index >= 15 is 0 Å². The van der Waals surface area contributed by atoms with Gasteiger partial charge in [-0.25, -0.2) is 0 Å². The van der Waals surface area contributed by atoms with Gasteiger partial charge in [-0.2, -0.15) is 0 Å². The molecule has 1 unspecified atom stereocenters. The van der Waals surface area contributed by atoms with E-state index in [0.717, 1.165) is 11.1 Å². The van der Waals surface area contributed by atoms with Crippen molar-refractivity contribution in [2.75, 3.05) is 16.8 Å². The lowest BCUT2D eigenvalue weighted by Crippen LogP contribution is -2.43. The molecule has 6 heteroatoms. The summed E-state index contributed by atoms with van der Waals surface area (Å²) in [6.07, 6.45) is 0.0737. The number of nitrogens with zero attached hydrogens (tertiary/aromatic N) is 1. The average molecular weight is 351 g/mol. The van der Waals surface area contributed by atoms with E-state index in [2.05, 4.69) is 10.6 Å². The summed E-state index contributed by atoms with van der Waals surface area (Å²) in [7, 11) is 0. The van der Waals surface area contributed by atoms with Crippen LogP contribution in [0, 0.1) is 6.92 Å². The van der Waals surface area contributed by atoms with Crippen LogP contribution >= 0.6 is 0 Å². The van der Waals surface area contributed by atoms with Crippen LogP contribution in [0.2, 0.25) is 0 Å². The number of anilines is 2. The molecule has 2 aromatic carbocycles. The number of carbonyl (C=O) groups excluding carboxylic acids is 3. The van der Waals surface area contributed by atoms with E-state index in [1.165, 1.54) is 11.8 Å². The van der Waals surface area contributed by atoms with Crippen LogP contribution in [-0.2, 0) is 14.4 Å². The van der Waals surface area contributed by atoms with Gasteiger partial charge < -0.3 is 15.5 Å². The monoisotopic (exact) mass is 351 g/mol. The molecule has 0 saturated heterocycles. The lowest BCUT2D eigenvalue weighted by atomic mass is 10.0. The number of amides is 3. The van der Waals surface area contributed by atoms with E-state index in [-0.39, 0.29) is 30.7 Å². The second-order valence-corrected chi connectivity index (χ2v) is 6.41. The summed E-state index contributed by atoms with van der Waals surface area (Å²) >= 11 is 0. The van der Waals surface area contributed by atoms with E-state index in [0.29, 0.717) is 11.4 Å². The van der Waals surface area contributed by atoms with Gasteiger partial charge in [0.15, 0.2) is 0 Å². The third-order valence-corrected chi connectivity index (χ3v) is 4.31. The van der Waals surface area contributed by atoms with Gasteiger partial charge in [0, 0.05) is 6.92 Å². The zero-order valence-electron chi connectivity index (χ0n) is 14.8. The standard InChI is InChI=1S/C20H21N3O3/c1-13-7-9-15(10-8-13)17(21-14(2)24)11-20(26)23-12-19(25)22-16-5-3-4-6-18(16)23/h3-10,17H,11-12H2,1-2H3,(H,21,24)(H,22,25). The number of para-hydroxylation sites is 2. The topological polar surface area (TPSA) is 78.5 Å². The summed E-state index contributed by atoms with van der Waals surface area (Å²) in [5.41, 5.74) is 3.24. The molecule has 1 atom stereocenters. The number of hydrogen-bond donors (Lipinski definition) is 2. The Morgan fingerprint density at radius 2 is 1.85 bits per heavy atom. The van der Waals surface area contributed by atoms with E-state index in [1.807, 2.05) is 37.3 Å². The highest BCUT2D eigenvalue weighted by Gasteiger charge is 2.28. The fraction of sp³-hybridized carbons (Fsp3) is 0.250. The van der Waals surface area contributed by atoms with Crippen LogP contribution in [0.5, 0.6) is 0 Å². The smallest absolute Gasteiger partial charge is 0.244 e. The first kappa shape index (κ1) is 17.7. The van der Waals surface area contributed by atoms with Crippen molar-refractivity contribution in [3.05, 3.63) is 59.7 Å². The largest absolute Gasteiger partial charge is 0.349 e. The van der Waals surface area contributed by atoms with Gasteiger partial charge in [0.25, 0.3) is 0 Å². The maximum atomic E-state index is 12.9.